The minimum atomic E-state index is -0.385. The molecule has 2 rings (SSSR count). The molecule has 0 aliphatic heterocycles. The summed E-state index contributed by atoms with van der Waals surface area (Å²) in [5.74, 6) is 0.122. The Balaban J connectivity index is 2.27. The van der Waals surface area contributed by atoms with Crippen molar-refractivity contribution in [3.63, 3.8) is 0 Å². The Hall–Kier alpha value is -1.09. The molecule has 1 aliphatic carbocycles. The highest BCUT2D eigenvalue weighted by Gasteiger charge is 2.43. The molecule has 0 spiro atoms. The van der Waals surface area contributed by atoms with E-state index in [9.17, 15) is 4.79 Å². The number of hydrogen-bond donors (Lipinski definition) is 1. The molecule has 1 aliphatic rings. The summed E-state index contributed by atoms with van der Waals surface area (Å²) in [4.78, 5) is 12.1. The molecular weight excluding hydrogens is 178 g/mol. The lowest BCUT2D eigenvalue weighted by Crippen LogP contribution is -2.40. The lowest BCUT2D eigenvalue weighted by molar-refractivity contribution is 0.0802. The first-order valence-electron chi connectivity index (χ1n) is 4.97. The summed E-state index contributed by atoms with van der Waals surface area (Å²) in [7, 11) is 0. The zero-order valence-corrected chi connectivity index (χ0v) is 8.32. The van der Waals surface area contributed by atoms with E-state index in [0.29, 0.717) is 5.56 Å². The van der Waals surface area contributed by atoms with Crippen molar-refractivity contribution in [1.82, 2.24) is 0 Å². The summed E-state index contributed by atoms with van der Waals surface area (Å²) in [5, 5.41) is 0. The Morgan fingerprint density at radius 1 is 1.71 bits per heavy atom. The molecule has 1 aromatic rings. The van der Waals surface area contributed by atoms with Crippen LogP contribution in [0.25, 0.3) is 0 Å². The van der Waals surface area contributed by atoms with Gasteiger partial charge in [0, 0.05) is 11.5 Å². The van der Waals surface area contributed by atoms with Crippen LogP contribution < -0.4 is 5.73 Å². The van der Waals surface area contributed by atoms with Crippen LogP contribution in [0.15, 0.2) is 23.0 Å². The normalized spacial score (nSPS) is 32.0. The summed E-state index contributed by atoms with van der Waals surface area (Å²) in [6.45, 7) is 1.96. The molecule has 1 aromatic heterocycles. The van der Waals surface area contributed by atoms with E-state index in [1.807, 2.05) is 6.92 Å². The van der Waals surface area contributed by atoms with E-state index >= 15 is 0 Å². The summed E-state index contributed by atoms with van der Waals surface area (Å²) in [6.07, 6.45) is 5.90. The van der Waals surface area contributed by atoms with Crippen molar-refractivity contribution < 1.29 is 9.21 Å². The number of furan rings is 1. The standard InChI is InChI=1S/C11H15NO2/c1-11(5-2-3-9(11)12)10(13)8-4-6-14-7-8/h4,6-7,9H,2-3,5,12H2,1H3. The average molecular weight is 193 g/mol. The lowest BCUT2D eigenvalue weighted by atomic mass is 9.78. The summed E-state index contributed by atoms with van der Waals surface area (Å²) in [6, 6.07) is 1.70. The van der Waals surface area contributed by atoms with Gasteiger partial charge in [0.15, 0.2) is 5.78 Å². The third kappa shape index (κ3) is 1.28. The van der Waals surface area contributed by atoms with Crippen LogP contribution in [-0.4, -0.2) is 11.8 Å². The largest absolute Gasteiger partial charge is 0.472 e. The zero-order chi connectivity index (χ0) is 10.2. The van der Waals surface area contributed by atoms with Gasteiger partial charge in [0.05, 0.1) is 11.8 Å². The Kier molecular flexibility index (Phi) is 2.19. The van der Waals surface area contributed by atoms with Gasteiger partial charge in [0.2, 0.25) is 0 Å². The van der Waals surface area contributed by atoms with E-state index in [1.165, 1.54) is 12.5 Å². The molecule has 76 valence electrons. The van der Waals surface area contributed by atoms with Crippen molar-refractivity contribution in [2.45, 2.75) is 32.2 Å². The number of hydrogen-bond acceptors (Lipinski definition) is 3. The highest BCUT2D eigenvalue weighted by Crippen LogP contribution is 2.39. The highest BCUT2D eigenvalue weighted by molar-refractivity contribution is 6.00. The highest BCUT2D eigenvalue weighted by atomic mass is 16.3. The second-order valence-corrected chi connectivity index (χ2v) is 4.26. The maximum atomic E-state index is 12.1. The maximum absolute atomic E-state index is 12.1. The van der Waals surface area contributed by atoms with E-state index in [4.69, 9.17) is 10.2 Å². The van der Waals surface area contributed by atoms with Crippen LogP contribution in [0.5, 0.6) is 0 Å². The third-order valence-corrected chi connectivity index (χ3v) is 3.33. The first kappa shape index (κ1) is 9.46. The average Bonchev–Trinajstić information content (AvgIpc) is 2.77. The van der Waals surface area contributed by atoms with Crippen LogP contribution in [0.1, 0.15) is 36.5 Å². The SMILES string of the molecule is CC1(C(=O)c2ccoc2)CCCC1N. The minimum Gasteiger partial charge on any atom is -0.472 e. The van der Waals surface area contributed by atoms with E-state index in [2.05, 4.69) is 0 Å². The van der Waals surface area contributed by atoms with Crippen molar-refractivity contribution in [2.75, 3.05) is 0 Å². The predicted octanol–water partition coefficient (Wildman–Crippen LogP) is 1.98. The molecule has 2 atom stereocenters. The molecule has 2 N–H and O–H groups in total. The smallest absolute Gasteiger partial charge is 0.173 e. The number of carbonyl (C=O) groups is 1. The van der Waals surface area contributed by atoms with Crippen LogP contribution in [-0.2, 0) is 0 Å². The van der Waals surface area contributed by atoms with Crippen molar-refractivity contribution >= 4 is 5.78 Å². The number of ketones is 1. The molecule has 1 saturated carbocycles. The lowest BCUT2D eigenvalue weighted by Gasteiger charge is -2.26. The molecular formula is C11H15NO2. The second-order valence-electron chi connectivity index (χ2n) is 4.26. The van der Waals surface area contributed by atoms with Gasteiger partial charge in [-0.2, -0.15) is 0 Å². The van der Waals surface area contributed by atoms with Crippen LogP contribution in [0, 0.1) is 5.41 Å². The van der Waals surface area contributed by atoms with Crippen LogP contribution in [0.2, 0.25) is 0 Å². The van der Waals surface area contributed by atoms with Gasteiger partial charge in [-0.1, -0.05) is 13.3 Å². The monoisotopic (exact) mass is 193 g/mol. The van der Waals surface area contributed by atoms with E-state index in [1.54, 1.807) is 6.07 Å². The van der Waals surface area contributed by atoms with Gasteiger partial charge in [-0.3, -0.25) is 4.79 Å². The van der Waals surface area contributed by atoms with Crippen LogP contribution >= 0.6 is 0 Å². The van der Waals surface area contributed by atoms with E-state index in [-0.39, 0.29) is 17.2 Å². The molecule has 1 heterocycles. The molecule has 0 amide bonds. The Morgan fingerprint density at radius 2 is 2.50 bits per heavy atom. The number of rotatable bonds is 2. The minimum absolute atomic E-state index is 0.00935. The van der Waals surface area contributed by atoms with Crippen molar-refractivity contribution in [1.29, 1.82) is 0 Å². The van der Waals surface area contributed by atoms with Gasteiger partial charge >= 0.3 is 0 Å². The van der Waals surface area contributed by atoms with Gasteiger partial charge in [-0.05, 0) is 18.9 Å². The maximum Gasteiger partial charge on any atom is 0.173 e. The summed E-state index contributed by atoms with van der Waals surface area (Å²) >= 11 is 0. The first-order valence-corrected chi connectivity index (χ1v) is 4.97. The summed E-state index contributed by atoms with van der Waals surface area (Å²) in [5.41, 5.74) is 6.23. The van der Waals surface area contributed by atoms with E-state index < -0.39 is 0 Å². The Bertz CT molecular complexity index is 331. The Labute approximate surface area is 83.3 Å². The van der Waals surface area contributed by atoms with Gasteiger partial charge < -0.3 is 10.2 Å². The fourth-order valence-electron chi connectivity index (χ4n) is 2.20. The fraction of sp³-hybridized carbons (Fsp3) is 0.545. The molecule has 1 fully saturated rings. The second kappa shape index (κ2) is 3.24. The molecule has 0 aromatic carbocycles. The zero-order valence-electron chi connectivity index (χ0n) is 8.32. The molecule has 3 nitrogen and oxygen atoms in total. The van der Waals surface area contributed by atoms with Crippen molar-refractivity contribution in [3.05, 3.63) is 24.2 Å². The van der Waals surface area contributed by atoms with E-state index in [0.717, 1.165) is 19.3 Å². The molecule has 0 radical (unpaired) electrons. The van der Waals surface area contributed by atoms with Crippen molar-refractivity contribution in [2.24, 2.45) is 11.1 Å². The first-order chi connectivity index (χ1) is 6.64. The third-order valence-electron chi connectivity index (χ3n) is 3.33. The number of nitrogens with two attached hydrogens (primary N) is 1. The topological polar surface area (TPSA) is 56.2 Å². The number of Topliss-reactive ketones (excluding diaryl/α,β-unsaturated/α-hetero) is 1. The fourth-order valence-corrected chi connectivity index (χ4v) is 2.20. The quantitative estimate of drug-likeness (QED) is 0.730. The van der Waals surface area contributed by atoms with Gasteiger partial charge in [-0.15, -0.1) is 0 Å². The van der Waals surface area contributed by atoms with Crippen molar-refractivity contribution in [3.8, 4) is 0 Å². The molecule has 0 saturated heterocycles. The Morgan fingerprint density at radius 3 is 3.00 bits per heavy atom. The van der Waals surface area contributed by atoms with Gasteiger partial charge in [0.1, 0.15) is 6.26 Å². The molecule has 2 unspecified atom stereocenters. The van der Waals surface area contributed by atoms with Crippen LogP contribution in [0.4, 0.5) is 0 Å². The number of carbonyl (C=O) groups excluding carboxylic acids is 1. The molecule has 0 bridgehead atoms. The van der Waals surface area contributed by atoms with Gasteiger partial charge in [0.25, 0.3) is 0 Å². The molecule has 14 heavy (non-hydrogen) atoms. The van der Waals surface area contributed by atoms with Gasteiger partial charge in [-0.25, -0.2) is 0 Å². The van der Waals surface area contributed by atoms with Crippen LogP contribution in [0.3, 0.4) is 0 Å². The summed E-state index contributed by atoms with van der Waals surface area (Å²) < 4.78 is 4.91. The molecule has 3 heteroatoms. The predicted molar refractivity (Wildman–Crippen MR) is 53.0 cm³/mol.